The molecule has 0 aliphatic rings. The van der Waals surface area contributed by atoms with E-state index in [0.717, 1.165) is 42.2 Å². The van der Waals surface area contributed by atoms with Crippen LogP contribution in [0.4, 0.5) is 0 Å². The molecule has 5 heteroatoms. The van der Waals surface area contributed by atoms with Crippen LogP contribution >= 0.6 is 11.6 Å². The van der Waals surface area contributed by atoms with Crippen molar-refractivity contribution in [3.05, 3.63) is 65.9 Å². The zero-order valence-corrected chi connectivity index (χ0v) is 14.2. The van der Waals surface area contributed by atoms with E-state index in [-0.39, 0.29) is 0 Å². The summed E-state index contributed by atoms with van der Waals surface area (Å²) in [6.07, 6.45) is 4.87. The minimum Gasteiger partial charge on any atom is -0.457 e. The largest absolute Gasteiger partial charge is 0.457 e. The number of ether oxygens (including phenoxy) is 2. The van der Waals surface area contributed by atoms with E-state index in [1.165, 1.54) is 0 Å². The molecular weight excluding hydrogens is 324 g/mol. The maximum Gasteiger partial charge on any atom is 0.127 e. The Kier molecular flexibility index (Phi) is 5.51. The van der Waals surface area contributed by atoms with Gasteiger partial charge in [0.05, 0.1) is 6.20 Å². The molecule has 0 amide bonds. The summed E-state index contributed by atoms with van der Waals surface area (Å²) in [5.74, 6) is 1.55. The summed E-state index contributed by atoms with van der Waals surface area (Å²) in [6.45, 7) is 1.59. The first-order valence-electron chi connectivity index (χ1n) is 7.80. The Morgan fingerprint density at radius 2 is 1.62 bits per heavy atom. The Morgan fingerprint density at radius 1 is 0.958 bits per heavy atom. The van der Waals surface area contributed by atoms with Crippen LogP contribution in [0, 0.1) is 0 Å². The third-order valence-electron chi connectivity index (χ3n) is 3.61. The molecule has 0 aliphatic carbocycles. The maximum absolute atomic E-state index is 5.87. The molecule has 0 spiro atoms. The number of nitrogens with zero attached hydrogens (tertiary/aromatic N) is 2. The second kappa shape index (κ2) is 7.99. The van der Waals surface area contributed by atoms with Gasteiger partial charge in [-0.25, -0.2) is 0 Å². The molecule has 0 bridgehead atoms. The summed E-state index contributed by atoms with van der Waals surface area (Å²) in [4.78, 5) is 0. The Hall–Kier alpha value is -2.30. The first-order valence-corrected chi connectivity index (χ1v) is 8.17. The van der Waals surface area contributed by atoms with E-state index in [9.17, 15) is 0 Å². The van der Waals surface area contributed by atoms with Crippen molar-refractivity contribution in [2.24, 2.45) is 0 Å². The number of aromatic nitrogens is 2. The highest BCUT2D eigenvalue weighted by Crippen LogP contribution is 2.26. The van der Waals surface area contributed by atoms with Gasteiger partial charge in [0.1, 0.15) is 11.5 Å². The molecule has 1 aromatic heterocycles. The second-order valence-electron chi connectivity index (χ2n) is 5.42. The van der Waals surface area contributed by atoms with Gasteiger partial charge in [-0.1, -0.05) is 23.7 Å². The van der Waals surface area contributed by atoms with Crippen molar-refractivity contribution < 1.29 is 9.47 Å². The predicted octanol–water partition coefficient (Wildman–Crippen LogP) is 5.03. The van der Waals surface area contributed by atoms with Crippen molar-refractivity contribution in [3.8, 4) is 22.6 Å². The van der Waals surface area contributed by atoms with Gasteiger partial charge in [0.25, 0.3) is 0 Å². The van der Waals surface area contributed by atoms with Crippen LogP contribution in [0.5, 0.6) is 11.5 Å². The van der Waals surface area contributed by atoms with Crippen molar-refractivity contribution >= 4 is 11.6 Å². The van der Waals surface area contributed by atoms with Crippen LogP contribution in [0.3, 0.4) is 0 Å². The van der Waals surface area contributed by atoms with E-state index in [0.29, 0.717) is 5.02 Å². The van der Waals surface area contributed by atoms with E-state index in [1.807, 2.05) is 65.6 Å². The van der Waals surface area contributed by atoms with Crippen LogP contribution in [0.25, 0.3) is 11.1 Å². The molecular formula is C19H19ClN2O2. The third kappa shape index (κ3) is 4.37. The number of rotatable bonds is 7. The zero-order chi connectivity index (χ0) is 16.8. The van der Waals surface area contributed by atoms with Crippen LogP contribution in [0.2, 0.25) is 5.02 Å². The number of hydrogen-bond acceptors (Lipinski definition) is 3. The van der Waals surface area contributed by atoms with E-state index in [1.54, 1.807) is 7.11 Å². The highest BCUT2D eigenvalue weighted by molar-refractivity contribution is 6.30. The molecule has 0 saturated heterocycles. The Labute approximate surface area is 146 Å². The Bertz CT molecular complexity index is 767. The van der Waals surface area contributed by atoms with Gasteiger partial charge in [-0.15, -0.1) is 0 Å². The maximum atomic E-state index is 5.87. The summed E-state index contributed by atoms with van der Waals surface area (Å²) in [5, 5.41) is 5.07. The number of benzene rings is 2. The van der Waals surface area contributed by atoms with Crippen molar-refractivity contribution in [1.29, 1.82) is 0 Å². The molecule has 0 atom stereocenters. The van der Waals surface area contributed by atoms with Gasteiger partial charge >= 0.3 is 0 Å². The summed E-state index contributed by atoms with van der Waals surface area (Å²) < 4.78 is 12.8. The molecule has 1 heterocycles. The highest BCUT2D eigenvalue weighted by Gasteiger charge is 2.03. The van der Waals surface area contributed by atoms with Crippen LogP contribution in [-0.2, 0) is 11.3 Å². The molecule has 0 radical (unpaired) electrons. The average Bonchev–Trinajstić information content (AvgIpc) is 3.07. The van der Waals surface area contributed by atoms with E-state index in [2.05, 4.69) is 5.10 Å². The smallest absolute Gasteiger partial charge is 0.127 e. The fourth-order valence-electron chi connectivity index (χ4n) is 2.36. The number of aryl methyl sites for hydroxylation is 1. The lowest BCUT2D eigenvalue weighted by atomic mass is 10.1. The zero-order valence-electron chi connectivity index (χ0n) is 13.5. The van der Waals surface area contributed by atoms with Crippen molar-refractivity contribution in [2.75, 3.05) is 13.7 Å². The van der Waals surface area contributed by atoms with Gasteiger partial charge in [-0.3, -0.25) is 4.68 Å². The minimum atomic E-state index is 0.695. The van der Waals surface area contributed by atoms with Crippen molar-refractivity contribution in [3.63, 3.8) is 0 Å². The molecule has 0 aliphatic heterocycles. The lowest BCUT2D eigenvalue weighted by Gasteiger charge is -2.06. The van der Waals surface area contributed by atoms with E-state index < -0.39 is 0 Å². The fraction of sp³-hybridized carbons (Fsp3) is 0.211. The van der Waals surface area contributed by atoms with Crippen LogP contribution in [0.1, 0.15) is 6.42 Å². The quantitative estimate of drug-likeness (QED) is 0.565. The topological polar surface area (TPSA) is 36.3 Å². The molecule has 124 valence electrons. The molecule has 24 heavy (non-hydrogen) atoms. The molecule has 0 unspecified atom stereocenters. The van der Waals surface area contributed by atoms with Gasteiger partial charge in [0.15, 0.2) is 0 Å². The number of halogens is 1. The molecule has 0 fully saturated rings. The second-order valence-corrected chi connectivity index (χ2v) is 5.86. The van der Waals surface area contributed by atoms with Gasteiger partial charge in [-0.2, -0.15) is 5.10 Å². The predicted molar refractivity (Wildman–Crippen MR) is 95.7 cm³/mol. The van der Waals surface area contributed by atoms with Crippen LogP contribution < -0.4 is 4.74 Å². The molecule has 0 N–H and O–H groups in total. The van der Waals surface area contributed by atoms with Gasteiger partial charge in [0.2, 0.25) is 0 Å². The van der Waals surface area contributed by atoms with Crippen LogP contribution in [-0.4, -0.2) is 23.5 Å². The normalized spacial score (nSPS) is 10.8. The minimum absolute atomic E-state index is 0.695. The third-order valence-corrected chi connectivity index (χ3v) is 3.86. The Morgan fingerprint density at radius 3 is 2.29 bits per heavy atom. The molecule has 0 saturated carbocycles. The fourth-order valence-corrected chi connectivity index (χ4v) is 2.49. The molecule has 4 nitrogen and oxygen atoms in total. The summed E-state index contributed by atoms with van der Waals surface area (Å²) in [6, 6.07) is 15.3. The Balaban J connectivity index is 1.64. The van der Waals surface area contributed by atoms with Gasteiger partial charge in [-0.05, 0) is 48.4 Å². The first-order chi connectivity index (χ1) is 11.7. The number of hydrogen-bond donors (Lipinski definition) is 0. The standard InChI is InChI=1S/C19H19ClN2O2/c1-23-12-2-11-22-14-16(13-21-22)15-3-7-18(8-4-15)24-19-9-5-17(20)6-10-19/h3-10,13-14H,2,11-12H2,1H3. The van der Waals surface area contributed by atoms with Crippen molar-refractivity contribution in [2.45, 2.75) is 13.0 Å². The summed E-state index contributed by atoms with van der Waals surface area (Å²) >= 11 is 5.87. The summed E-state index contributed by atoms with van der Waals surface area (Å²) in [7, 11) is 1.71. The lowest BCUT2D eigenvalue weighted by Crippen LogP contribution is -2.01. The van der Waals surface area contributed by atoms with Gasteiger partial charge < -0.3 is 9.47 Å². The SMILES string of the molecule is COCCCn1cc(-c2ccc(Oc3ccc(Cl)cc3)cc2)cn1. The first kappa shape index (κ1) is 16.6. The monoisotopic (exact) mass is 342 g/mol. The van der Waals surface area contributed by atoms with E-state index >= 15 is 0 Å². The average molecular weight is 343 g/mol. The molecule has 3 aromatic rings. The van der Waals surface area contributed by atoms with Gasteiger partial charge in [0, 0.05) is 37.0 Å². The molecule has 3 rings (SSSR count). The molecule has 2 aromatic carbocycles. The lowest BCUT2D eigenvalue weighted by molar-refractivity contribution is 0.189. The highest BCUT2D eigenvalue weighted by atomic mass is 35.5. The summed E-state index contributed by atoms with van der Waals surface area (Å²) in [5.41, 5.74) is 2.20. The number of methoxy groups -OCH3 is 1. The van der Waals surface area contributed by atoms with Crippen LogP contribution in [0.15, 0.2) is 60.9 Å². The van der Waals surface area contributed by atoms with E-state index in [4.69, 9.17) is 21.1 Å². The van der Waals surface area contributed by atoms with Crippen molar-refractivity contribution in [1.82, 2.24) is 9.78 Å².